The normalized spacial score (nSPS) is 11.1. The predicted octanol–water partition coefficient (Wildman–Crippen LogP) is 5.83. The van der Waals surface area contributed by atoms with Gasteiger partial charge in [0.1, 0.15) is 0 Å². The number of rotatable bonds is 5. The highest BCUT2D eigenvalue weighted by Crippen LogP contribution is 2.11. The zero-order chi connectivity index (χ0) is 11.8. The van der Waals surface area contributed by atoms with Crippen molar-refractivity contribution in [1.29, 1.82) is 0 Å². The maximum absolute atomic E-state index is 2.34. The van der Waals surface area contributed by atoms with Gasteiger partial charge < -0.3 is 0 Å². The van der Waals surface area contributed by atoms with E-state index in [0.29, 0.717) is 0 Å². The Morgan fingerprint density at radius 3 is 1.86 bits per heavy atom. The van der Waals surface area contributed by atoms with Crippen molar-refractivity contribution in [2.75, 3.05) is 0 Å². The summed E-state index contributed by atoms with van der Waals surface area (Å²) in [5.74, 6) is 0.918. The summed E-state index contributed by atoms with van der Waals surface area (Å²) in [4.78, 5) is 0. The molecular formula is C14H32. The molecule has 0 spiro atoms. The van der Waals surface area contributed by atoms with E-state index in [-0.39, 0.29) is 0 Å². The third kappa shape index (κ3) is 22.6. The third-order valence-corrected chi connectivity index (χ3v) is 1.84. The maximum atomic E-state index is 2.34. The fourth-order valence-corrected chi connectivity index (χ4v) is 1.18. The van der Waals surface area contributed by atoms with Gasteiger partial charge in [-0.1, -0.05) is 66.5 Å². The number of hydrogen-bond acceptors (Lipinski definition) is 0. The van der Waals surface area contributed by atoms with Crippen LogP contribution in [0, 0.1) is 5.92 Å². The van der Waals surface area contributed by atoms with Gasteiger partial charge in [-0.3, -0.25) is 0 Å². The average Bonchev–Trinajstić information content (AvgIpc) is 2.25. The lowest BCUT2D eigenvalue weighted by atomic mass is 10.0. The van der Waals surface area contributed by atoms with Crippen molar-refractivity contribution in [3.8, 4) is 0 Å². The second-order valence-electron chi connectivity index (χ2n) is 3.04. The standard InChI is InChI=1S/C10H20.2C2H6/c1-4-6-7-9-10(3)8-5-2;2*1-2/h4,6,10H,5,7-9H2,1-3H3;2*1-2H3/b6-4-;;. The fraction of sp³-hybridized carbons (Fsp3) is 0.857. The summed E-state index contributed by atoms with van der Waals surface area (Å²) in [6.07, 6.45) is 9.73. The Morgan fingerprint density at radius 2 is 1.50 bits per heavy atom. The molecule has 0 nitrogen and oxygen atoms in total. The van der Waals surface area contributed by atoms with Crippen LogP contribution in [0.1, 0.15) is 74.1 Å². The van der Waals surface area contributed by atoms with Crippen LogP contribution >= 0.6 is 0 Å². The molecule has 0 aliphatic carbocycles. The topological polar surface area (TPSA) is 0 Å². The lowest BCUT2D eigenvalue weighted by Crippen LogP contribution is -1.91. The Morgan fingerprint density at radius 1 is 1.00 bits per heavy atom. The molecule has 1 atom stereocenters. The Kier molecular flexibility index (Phi) is 31.7. The van der Waals surface area contributed by atoms with E-state index in [1.807, 2.05) is 27.7 Å². The molecule has 0 aliphatic heterocycles. The summed E-state index contributed by atoms with van der Waals surface area (Å²) in [7, 11) is 0. The summed E-state index contributed by atoms with van der Waals surface area (Å²) >= 11 is 0. The van der Waals surface area contributed by atoms with E-state index >= 15 is 0 Å². The zero-order valence-corrected chi connectivity index (χ0v) is 11.6. The van der Waals surface area contributed by atoms with Gasteiger partial charge in [0, 0.05) is 0 Å². The molecule has 0 saturated heterocycles. The Balaban J connectivity index is -0.000000266. The molecule has 0 heteroatoms. The van der Waals surface area contributed by atoms with Gasteiger partial charge in [-0.15, -0.1) is 0 Å². The van der Waals surface area contributed by atoms with Crippen LogP contribution in [-0.4, -0.2) is 0 Å². The summed E-state index contributed by atoms with van der Waals surface area (Å²) in [5, 5.41) is 0. The lowest BCUT2D eigenvalue weighted by molar-refractivity contribution is 0.490. The summed E-state index contributed by atoms with van der Waals surface area (Å²) in [6.45, 7) is 14.7. The monoisotopic (exact) mass is 200 g/mol. The smallest absolute Gasteiger partial charge is 0.0348 e. The molecule has 0 fully saturated rings. The highest BCUT2D eigenvalue weighted by Gasteiger charge is 1.96. The Labute approximate surface area is 92.8 Å². The molecule has 0 rings (SSSR count). The molecule has 14 heavy (non-hydrogen) atoms. The molecule has 88 valence electrons. The van der Waals surface area contributed by atoms with Gasteiger partial charge in [0.15, 0.2) is 0 Å². The average molecular weight is 200 g/mol. The fourth-order valence-electron chi connectivity index (χ4n) is 1.18. The van der Waals surface area contributed by atoms with Crippen molar-refractivity contribution in [2.45, 2.75) is 74.1 Å². The first-order valence-corrected chi connectivity index (χ1v) is 6.42. The van der Waals surface area contributed by atoms with Crippen molar-refractivity contribution in [3.05, 3.63) is 12.2 Å². The second kappa shape index (κ2) is 23.0. The summed E-state index contributed by atoms with van der Waals surface area (Å²) in [5.41, 5.74) is 0. The van der Waals surface area contributed by atoms with Gasteiger partial charge in [0.05, 0.1) is 0 Å². The van der Waals surface area contributed by atoms with E-state index in [4.69, 9.17) is 0 Å². The first-order chi connectivity index (χ1) is 6.81. The highest BCUT2D eigenvalue weighted by molar-refractivity contribution is 4.77. The van der Waals surface area contributed by atoms with Crippen molar-refractivity contribution >= 4 is 0 Å². The van der Waals surface area contributed by atoms with E-state index < -0.39 is 0 Å². The molecule has 0 aromatic rings. The molecule has 0 amide bonds. The highest BCUT2D eigenvalue weighted by atomic mass is 14.0. The van der Waals surface area contributed by atoms with Crippen molar-refractivity contribution < 1.29 is 0 Å². The van der Waals surface area contributed by atoms with Gasteiger partial charge in [0.2, 0.25) is 0 Å². The van der Waals surface area contributed by atoms with Crippen LogP contribution in [0.25, 0.3) is 0 Å². The first-order valence-electron chi connectivity index (χ1n) is 6.42. The van der Waals surface area contributed by atoms with Crippen LogP contribution in [0.4, 0.5) is 0 Å². The van der Waals surface area contributed by atoms with Gasteiger partial charge in [-0.25, -0.2) is 0 Å². The summed E-state index contributed by atoms with van der Waals surface area (Å²) < 4.78 is 0. The summed E-state index contributed by atoms with van der Waals surface area (Å²) in [6, 6.07) is 0. The lowest BCUT2D eigenvalue weighted by Gasteiger charge is -2.06. The van der Waals surface area contributed by atoms with Crippen LogP contribution in [0.15, 0.2) is 12.2 Å². The molecular weight excluding hydrogens is 168 g/mol. The Hall–Kier alpha value is -0.260. The van der Waals surface area contributed by atoms with E-state index in [0.717, 1.165) is 5.92 Å². The molecule has 0 radical (unpaired) electrons. The minimum atomic E-state index is 0.918. The van der Waals surface area contributed by atoms with E-state index in [1.54, 1.807) is 0 Å². The van der Waals surface area contributed by atoms with Crippen LogP contribution in [-0.2, 0) is 0 Å². The molecule has 0 heterocycles. The van der Waals surface area contributed by atoms with Crippen LogP contribution in [0.5, 0.6) is 0 Å². The van der Waals surface area contributed by atoms with Crippen LogP contribution < -0.4 is 0 Å². The van der Waals surface area contributed by atoms with E-state index in [2.05, 4.69) is 32.9 Å². The minimum absolute atomic E-state index is 0.918. The van der Waals surface area contributed by atoms with Crippen molar-refractivity contribution in [1.82, 2.24) is 0 Å². The van der Waals surface area contributed by atoms with Gasteiger partial charge in [-0.05, 0) is 25.7 Å². The third-order valence-electron chi connectivity index (χ3n) is 1.84. The van der Waals surface area contributed by atoms with E-state index in [9.17, 15) is 0 Å². The van der Waals surface area contributed by atoms with Crippen molar-refractivity contribution in [3.63, 3.8) is 0 Å². The number of hydrogen-bond donors (Lipinski definition) is 0. The largest absolute Gasteiger partial charge is 0.0917 e. The van der Waals surface area contributed by atoms with Crippen LogP contribution in [0.2, 0.25) is 0 Å². The van der Waals surface area contributed by atoms with Crippen molar-refractivity contribution in [2.24, 2.45) is 5.92 Å². The van der Waals surface area contributed by atoms with Gasteiger partial charge >= 0.3 is 0 Å². The SMILES string of the molecule is C/C=C\CCC(C)CCC.CC.CC. The van der Waals surface area contributed by atoms with Crippen LogP contribution in [0.3, 0.4) is 0 Å². The van der Waals surface area contributed by atoms with Gasteiger partial charge in [-0.2, -0.15) is 0 Å². The molecule has 1 unspecified atom stereocenters. The number of allylic oxidation sites excluding steroid dienone is 2. The van der Waals surface area contributed by atoms with E-state index in [1.165, 1.54) is 25.7 Å². The second-order valence-corrected chi connectivity index (χ2v) is 3.04. The Bertz CT molecular complexity index is 82.0. The van der Waals surface area contributed by atoms with Gasteiger partial charge in [0.25, 0.3) is 0 Å². The molecule has 0 saturated carbocycles. The molecule has 0 bridgehead atoms. The molecule has 0 aromatic carbocycles. The molecule has 0 N–H and O–H groups in total. The minimum Gasteiger partial charge on any atom is -0.0917 e. The quantitative estimate of drug-likeness (QED) is 0.490. The zero-order valence-electron chi connectivity index (χ0n) is 11.6. The molecule has 0 aliphatic rings. The first kappa shape index (κ1) is 19.3. The molecule has 0 aromatic heterocycles. The maximum Gasteiger partial charge on any atom is -0.0348 e. The predicted molar refractivity (Wildman–Crippen MR) is 70.8 cm³/mol.